The Morgan fingerprint density at radius 2 is 2.00 bits per heavy atom. The standard InChI is InChI=1S/CH5O3P.K/c1-4-5(2)3;/h5H,1H3,(H,2,3);/q;+1/p-1. The van der Waals surface area contributed by atoms with Crippen LogP contribution >= 0.6 is 8.25 Å². The summed E-state index contributed by atoms with van der Waals surface area (Å²) in [5.74, 6) is 0. The fourth-order valence-electron chi connectivity index (χ4n) is 0. The van der Waals surface area contributed by atoms with Crippen LogP contribution in [0.4, 0.5) is 0 Å². The predicted octanol–water partition coefficient (Wildman–Crippen LogP) is -3.61. The molecular weight excluding hydrogens is 130 g/mol. The quantitative estimate of drug-likeness (QED) is 0.275. The van der Waals surface area contributed by atoms with Gasteiger partial charge in [-0.1, -0.05) is 0 Å². The Balaban J connectivity index is 0. The molecule has 3 nitrogen and oxygen atoms in total. The maximum absolute atomic E-state index is 9.22. The second-order valence-electron chi connectivity index (χ2n) is 0.454. The summed E-state index contributed by atoms with van der Waals surface area (Å²) in [5, 5.41) is 0. The summed E-state index contributed by atoms with van der Waals surface area (Å²) < 4.78 is 13.0. The van der Waals surface area contributed by atoms with Crippen LogP contribution in [-0.2, 0) is 9.09 Å². The molecule has 0 saturated heterocycles. The molecule has 1 atom stereocenters. The van der Waals surface area contributed by atoms with Crippen LogP contribution in [0.5, 0.6) is 0 Å². The molecule has 0 N–H and O–H groups in total. The van der Waals surface area contributed by atoms with E-state index in [2.05, 4.69) is 4.52 Å². The van der Waals surface area contributed by atoms with Crippen molar-refractivity contribution in [3.63, 3.8) is 0 Å². The summed E-state index contributed by atoms with van der Waals surface area (Å²) in [5.41, 5.74) is 0. The molecule has 0 amide bonds. The molecule has 0 aliphatic heterocycles. The van der Waals surface area contributed by atoms with E-state index >= 15 is 0 Å². The molecule has 0 aromatic heterocycles. The predicted molar refractivity (Wildman–Crippen MR) is 16.0 cm³/mol. The Labute approximate surface area is 79.4 Å². The third-order valence-electron chi connectivity index (χ3n) is 0.167. The van der Waals surface area contributed by atoms with Gasteiger partial charge in [0.1, 0.15) is 8.25 Å². The fourth-order valence-corrected chi connectivity index (χ4v) is 0. The molecule has 0 rings (SSSR count). The van der Waals surface area contributed by atoms with Gasteiger partial charge in [0.05, 0.1) is 0 Å². The largest absolute Gasteiger partial charge is 1.00 e. The van der Waals surface area contributed by atoms with E-state index in [0.29, 0.717) is 0 Å². The van der Waals surface area contributed by atoms with Crippen LogP contribution in [0.2, 0.25) is 0 Å². The Kier molecular flexibility index (Phi) is 12.1. The van der Waals surface area contributed by atoms with Gasteiger partial charge in [-0.25, -0.2) is 0 Å². The fraction of sp³-hybridized carbons (Fsp3) is 1.00. The molecule has 0 radical (unpaired) electrons. The van der Waals surface area contributed by atoms with E-state index in [4.69, 9.17) is 0 Å². The van der Waals surface area contributed by atoms with Crippen LogP contribution in [0.25, 0.3) is 0 Å². The van der Waals surface area contributed by atoms with Gasteiger partial charge >= 0.3 is 51.4 Å². The Morgan fingerprint density at radius 3 is 2.00 bits per heavy atom. The second-order valence-corrected chi connectivity index (χ2v) is 1.36. The Morgan fingerprint density at radius 1 is 1.83 bits per heavy atom. The zero-order chi connectivity index (χ0) is 4.28. The van der Waals surface area contributed by atoms with Gasteiger partial charge < -0.3 is 14.0 Å². The van der Waals surface area contributed by atoms with Crippen molar-refractivity contribution >= 4 is 8.25 Å². The number of rotatable bonds is 1. The first kappa shape index (κ1) is 10.7. The van der Waals surface area contributed by atoms with Crippen molar-refractivity contribution in [3.05, 3.63) is 0 Å². The normalized spacial score (nSPS) is 12.3. The molecule has 6 heavy (non-hydrogen) atoms. The van der Waals surface area contributed by atoms with Crippen LogP contribution in [-0.4, -0.2) is 7.11 Å². The summed E-state index contributed by atoms with van der Waals surface area (Å²) in [6.45, 7) is 0. The first-order chi connectivity index (χ1) is 2.27. The Hall–Kier alpha value is 1.79. The summed E-state index contributed by atoms with van der Waals surface area (Å²) in [7, 11) is -1.75. The van der Waals surface area contributed by atoms with E-state index < -0.39 is 8.25 Å². The average Bonchev–Trinajstić information content (AvgIpc) is 1.38. The van der Waals surface area contributed by atoms with Gasteiger partial charge in [0.15, 0.2) is 0 Å². The molecule has 0 aliphatic rings. The smallest absolute Gasteiger partial charge is 0.781 e. The van der Waals surface area contributed by atoms with Crippen molar-refractivity contribution < 1.29 is 65.4 Å². The minimum Gasteiger partial charge on any atom is -0.781 e. The SMILES string of the molecule is CO[PH](=O)[O-].[K+]. The van der Waals surface area contributed by atoms with Gasteiger partial charge in [-0.05, 0) is 0 Å². The van der Waals surface area contributed by atoms with Crippen molar-refractivity contribution in [2.75, 3.05) is 7.11 Å². The topological polar surface area (TPSA) is 49.4 Å². The summed E-state index contributed by atoms with van der Waals surface area (Å²) in [6.07, 6.45) is 0. The molecule has 32 valence electrons. The van der Waals surface area contributed by atoms with Crippen LogP contribution in [0, 0.1) is 0 Å². The van der Waals surface area contributed by atoms with Crippen molar-refractivity contribution in [1.29, 1.82) is 0 Å². The summed E-state index contributed by atoms with van der Waals surface area (Å²) in [4.78, 5) is 9.22. The van der Waals surface area contributed by atoms with E-state index in [0.717, 1.165) is 7.11 Å². The van der Waals surface area contributed by atoms with Gasteiger partial charge in [-0.3, -0.25) is 0 Å². The molecule has 0 aromatic carbocycles. The van der Waals surface area contributed by atoms with Crippen molar-refractivity contribution in [1.82, 2.24) is 0 Å². The summed E-state index contributed by atoms with van der Waals surface area (Å²) in [6, 6.07) is 0. The average molecular weight is 134 g/mol. The molecule has 5 heteroatoms. The third kappa shape index (κ3) is 9.25. The van der Waals surface area contributed by atoms with E-state index in [1.165, 1.54) is 0 Å². The second kappa shape index (κ2) is 6.79. The zero-order valence-electron chi connectivity index (χ0n) is 3.72. The van der Waals surface area contributed by atoms with Gasteiger partial charge in [-0.15, -0.1) is 0 Å². The maximum Gasteiger partial charge on any atom is 1.00 e. The van der Waals surface area contributed by atoms with E-state index in [-0.39, 0.29) is 51.4 Å². The third-order valence-corrected chi connectivity index (χ3v) is 0.500. The van der Waals surface area contributed by atoms with Crippen LogP contribution in [0.15, 0.2) is 0 Å². The van der Waals surface area contributed by atoms with E-state index in [1.54, 1.807) is 0 Å². The molecule has 0 spiro atoms. The van der Waals surface area contributed by atoms with Crippen LogP contribution in [0.3, 0.4) is 0 Å². The zero-order valence-corrected chi connectivity index (χ0v) is 7.85. The van der Waals surface area contributed by atoms with Gasteiger partial charge in [0.25, 0.3) is 0 Å². The minimum absolute atomic E-state index is 0. The van der Waals surface area contributed by atoms with Crippen molar-refractivity contribution in [2.24, 2.45) is 0 Å². The van der Waals surface area contributed by atoms with Gasteiger partial charge in [0, 0.05) is 7.11 Å². The molecule has 0 fully saturated rings. The molecule has 0 heterocycles. The minimum atomic E-state index is -2.87. The Bertz CT molecular complexity index is 46.1. The molecule has 0 bridgehead atoms. The number of hydrogen-bond donors (Lipinski definition) is 0. The molecule has 0 aliphatic carbocycles. The first-order valence-electron chi connectivity index (χ1n) is 1.02. The van der Waals surface area contributed by atoms with Crippen LogP contribution in [0.1, 0.15) is 0 Å². The van der Waals surface area contributed by atoms with Gasteiger partial charge in [0.2, 0.25) is 0 Å². The van der Waals surface area contributed by atoms with Crippen molar-refractivity contribution in [3.8, 4) is 0 Å². The van der Waals surface area contributed by atoms with E-state index in [9.17, 15) is 9.46 Å². The maximum atomic E-state index is 9.22. The molecule has 0 saturated carbocycles. The first-order valence-corrected chi connectivity index (χ1v) is 2.25. The van der Waals surface area contributed by atoms with E-state index in [1.807, 2.05) is 0 Å². The number of hydrogen-bond acceptors (Lipinski definition) is 3. The summed E-state index contributed by atoms with van der Waals surface area (Å²) >= 11 is 0. The monoisotopic (exact) mass is 134 g/mol. The van der Waals surface area contributed by atoms with Gasteiger partial charge in [-0.2, -0.15) is 0 Å². The molecular formula is CH4KO3P. The van der Waals surface area contributed by atoms with Crippen molar-refractivity contribution in [2.45, 2.75) is 0 Å². The molecule has 0 aromatic rings. The molecule has 1 unspecified atom stereocenters. The van der Waals surface area contributed by atoms with Crippen LogP contribution < -0.4 is 56.3 Å².